The molecule has 3 rings (SSSR count). The van der Waals surface area contributed by atoms with Gasteiger partial charge in [0, 0.05) is 11.6 Å². The number of aromatic nitrogens is 2. The van der Waals surface area contributed by atoms with Crippen molar-refractivity contribution >= 4 is 11.7 Å². The number of methoxy groups -OCH3 is 1. The van der Waals surface area contributed by atoms with Crippen LogP contribution in [0.15, 0.2) is 54.6 Å². The number of hydrogen-bond acceptors (Lipinski definition) is 4. The Morgan fingerprint density at radius 1 is 1.10 bits per heavy atom. The Morgan fingerprint density at radius 2 is 1.86 bits per heavy atom. The molecule has 0 spiro atoms. The number of carbonyl (C=O) groups excluding carboxylic acids is 1. The molecule has 3 aromatic rings. The van der Waals surface area contributed by atoms with Crippen molar-refractivity contribution in [2.45, 2.75) is 27.3 Å². The van der Waals surface area contributed by atoms with Crippen LogP contribution in [0.3, 0.4) is 0 Å². The van der Waals surface area contributed by atoms with Gasteiger partial charge in [-0.15, -0.1) is 0 Å². The summed E-state index contributed by atoms with van der Waals surface area (Å²) in [6, 6.07) is 17.1. The lowest BCUT2D eigenvalue weighted by atomic mass is 10.2. The molecule has 0 radical (unpaired) electrons. The Bertz CT molecular complexity index is 965. The summed E-state index contributed by atoms with van der Waals surface area (Å²) < 4.78 is 13.0. The Hall–Kier alpha value is -3.28. The van der Waals surface area contributed by atoms with Crippen molar-refractivity contribution in [3.63, 3.8) is 0 Å². The van der Waals surface area contributed by atoms with Crippen LogP contribution in [0.1, 0.15) is 35.5 Å². The fourth-order valence-electron chi connectivity index (χ4n) is 2.90. The zero-order chi connectivity index (χ0) is 20.8. The number of anilines is 1. The van der Waals surface area contributed by atoms with Crippen LogP contribution in [0.5, 0.6) is 11.5 Å². The van der Waals surface area contributed by atoms with Crippen LogP contribution >= 0.6 is 0 Å². The first-order valence-corrected chi connectivity index (χ1v) is 9.67. The summed E-state index contributed by atoms with van der Waals surface area (Å²) in [6.07, 6.45) is 0. The van der Waals surface area contributed by atoms with E-state index in [1.807, 2.05) is 43.3 Å². The van der Waals surface area contributed by atoms with Crippen molar-refractivity contribution in [1.29, 1.82) is 0 Å². The van der Waals surface area contributed by atoms with Gasteiger partial charge in [-0.1, -0.05) is 44.2 Å². The monoisotopic (exact) mass is 393 g/mol. The first kappa shape index (κ1) is 20.5. The molecule has 0 fully saturated rings. The smallest absolute Gasteiger partial charge is 0.256 e. The summed E-state index contributed by atoms with van der Waals surface area (Å²) >= 11 is 0. The van der Waals surface area contributed by atoms with Crippen LogP contribution in [0.25, 0.3) is 0 Å². The minimum Gasteiger partial charge on any atom is -0.493 e. The molecular weight excluding hydrogens is 366 g/mol. The fourth-order valence-corrected chi connectivity index (χ4v) is 2.90. The SMILES string of the molecule is COc1cc(C(=O)Nc2cc(C)nn2Cc2ccccc2)ccc1OCC(C)C. The third-order valence-corrected chi connectivity index (χ3v) is 4.32. The molecule has 6 heteroatoms. The molecule has 1 aromatic heterocycles. The molecular formula is C23H27N3O3. The number of hydrogen-bond donors (Lipinski definition) is 1. The molecule has 0 saturated heterocycles. The lowest BCUT2D eigenvalue weighted by Gasteiger charge is -2.14. The van der Waals surface area contributed by atoms with E-state index in [1.54, 1.807) is 30.0 Å². The molecule has 29 heavy (non-hydrogen) atoms. The maximum Gasteiger partial charge on any atom is 0.256 e. The van der Waals surface area contributed by atoms with E-state index >= 15 is 0 Å². The lowest BCUT2D eigenvalue weighted by molar-refractivity contribution is 0.102. The molecule has 152 valence electrons. The summed E-state index contributed by atoms with van der Waals surface area (Å²) in [5.41, 5.74) is 2.44. The number of carbonyl (C=O) groups is 1. The van der Waals surface area contributed by atoms with Gasteiger partial charge in [-0.25, -0.2) is 4.68 Å². The van der Waals surface area contributed by atoms with Gasteiger partial charge in [0.25, 0.3) is 5.91 Å². The van der Waals surface area contributed by atoms with Crippen molar-refractivity contribution < 1.29 is 14.3 Å². The van der Waals surface area contributed by atoms with Gasteiger partial charge in [0.15, 0.2) is 11.5 Å². The van der Waals surface area contributed by atoms with Gasteiger partial charge in [-0.05, 0) is 36.6 Å². The maximum absolute atomic E-state index is 12.8. The Balaban J connectivity index is 1.76. The van der Waals surface area contributed by atoms with Crippen molar-refractivity contribution in [1.82, 2.24) is 9.78 Å². The summed E-state index contributed by atoms with van der Waals surface area (Å²) in [5, 5.41) is 7.45. The van der Waals surface area contributed by atoms with Crippen LogP contribution in [-0.2, 0) is 6.54 Å². The minimum absolute atomic E-state index is 0.229. The third-order valence-electron chi connectivity index (χ3n) is 4.32. The van der Waals surface area contributed by atoms with E-state index in [0.29, 0.717) is 41.9 Å². The van der Waals surface area contributed by atoms with Crippen LogP contribution in [0.2, 0.25) is 0 Å². The number of rotatable bonds is 8. The number of benzene rings is 2. The normalized spacial score (nSPS) is 10.8. The molecule has 1 N–H and O–H groups in total. The van der Waals surface area contributed by atoms with Crippen molar-refractivity contribution in [2.24, 2.45) is 5.92 Å². The maximum atomic E-state index is 12.8. The van der Waals surface area contributed by atoms with Crippen molar-refractivity contribution in [3.8, 4) is 11.5 Å². The number of aryl methyl sites for hydroxylation is 1. The minimum atomic E-state index is -0.229. The van der Waals surface area contributed by atoms with E-state index < -0.39 is 0 Å². The van der Waals surface area contributed by atoms with Gasteiger partial charge in [-0.2, -0.15) is 5.10 Å². The zero-order valence-electron chi connectivity index (χ0n) is 17.3. The Kier molecular flexibility index (Phi) is 6.54. The average molecular weight is 393 g/mol. The van der Waals surface area contributed by atoms with E-state index in [0.717, 1.165) is 11.3 Å². The summed E-state index contributed by atoms with van der Waals surface area (Å²) in [6.45, 7) is 7.22. The van der Waals surface area contributed by atoms with Gasteiger partial charge in [0.05, 0.1) is 26.0 Å². The molecule has 0 aliphatic rings. The van der Waals surface area contributed by atoms with Crippen molar-refractivity contribution in [3.05, 3.63) is 71.4 Å². The predicted molar refractivity (Wildman–Crippen MR) is 114 cm³/mol. The highest BCUT2D eigenvalue weighted by Crippen LogP contribution is 2.29. The number of nitrogens with zero attached hydrogens (tertiary/aromatic N) is 2. The molecule has 1 heterocycles. The highest BCUT2D eigenvalue weighted by atomic mass is 16.5. The largest absolute Gasteiger partial charge is 0.493 e. The van der Waals surface area contributed by atoms with Gasteiger partial charge in [0.1, 0.15) is 5.82 Å². The van der Waals surface area contributed by atoms with Crippen molar-refractivity contribution in [2.75, 3.05) is 19.0 Å². The molecule has 6 nitrogen and oxygen atoms in total. The quantitative estimate of drug-likeness (QED) is 0.610. The second kappa shape index (κ2) is 9.28. The van der Waals surface area contributed by atoms with E-state index in [-0.39, 0.29) is 5.91 Å². The molecule has 0 unspecified atom stereocenters. The van der Waals surface area contributed by atoms with E-state index in [4.69, 9.17) is 9.47 Å². The Morgan fingerprint density at radius 3 is 2.55 bits per heavy atom. The summed E-state index contributed by atoms with van der Waals surface area (Å²) in [4.78, 5) is 12.8. The summed E-state index contributed by atoms with van der Waals surface area (Å²) in [7, 11) is 1.57. The van der Waals surface area contributed by atoms with Crippen LogP contribution in [0.4, 0.5) is 5.82 Å². The molecule has 0 atom stereocenters. The predicted octanol–water partition coefficient (Wildman–Crippen LogP) is 4.54. The third kappa shape index (κ3) is 5.38. The van der Waals surface area contributed by atoms with Gasteiger partial charge < -0.3 is 14.8 Å². The van der Waals surface area contributed by atoms with Crippen LogP contribution in [-0.4, -0.2) is 29.4 Å². The first-order chi connectivity index (χ1) is 14.0. The molecule has 0 aliphatic carbocycles. The highest BCUT2D eigenvalue weighted by molar-refractivity contribution is 6.04. The number of ether oxygens (including phenoxy) is 2. The molecule has 0 aliphatic heterocycles. The van der Waals surface area contributed by atoms with Gasteiger partial charge in [0.2, 0.25) is 0 Å². The standard InChI is InChI=1S/C23H27N3O3/c1-16(2)15-29-20-11-10-19(13-21(20)28-4)23(27)24-22-12-17(3)25-26(22)14-18-8-6-5-7-9-18/h5-13,16H,14-15H2,1-4H3,(H,24,27). The van der Waals surface area contributed by atoms with E-state index in [2.05, 4.69) is 24.3 Å². The van der Waals surface area contributed by atoms with Crippen LogP contribution < -0.4 is 14.8 Å². The molecule has 0 bridgehead atoms. The van der Waals surface area contributed by atoms with Gasteiger partial charge >= 0.3 is 0 Å². The number of amides is 1. The fraction of sp³-hybridized carbons (Fsp3) is 0.304. The second-order valence-corrected chi connectivity index (χ2v) is 7.34. The highest BCUT2D eigenvalue weighted by Gasteiger charge is 2.15. The molecule has 2 aromatic carbocycles. The second-order valence-electron chi connectivity index (χ2n) is 7.34. The van der Waals surface area contributed by atoms with Gasteiger partial charge in [-0.3, -0.25) is 4.79 Å². The first-order valence-electron chi connectivity index (χ1n) is 9.67. The topological polar surface area (TPSA) is 65.4 Å². The van der Waals surface area contributed by atoms with E-state index in [9.17, 15) is 4.79 Å². The average Bonchev–Trinajstić information content (AvgIpc) is 3.05. The molecule has 0 saturated carbocycles. The van der Waals surface area contributed by atoms with Crippen LogP contribution in [0, 0.1) is 12.8 Å². The Labute approximate surface area is 171 Å². The zero-order valence-corrected chi connectivity index (χ0v) is 17.3. The molecule has 1 amide bonds. The van der Waals surface area contributed by atoms with E-state index in [1.165, 1.54) is 0 Å². The summed E-state index contributed by atoms with van der Waals surface area (Å²) in [5.74, 6) is 1.98. The number of nitrogens with one attached hydrogen (secondary N) is 1. The lowest BCUT2D eigenvalue weighted by Crippen LogP contribution is -2.16.